The van der Waals surface area contributed by atoms with Gasteiger partial charge in [0.05, 0.1) is 15.6 Å². The Balaban J connectivity index is 1.81. The van der Waals surface area contributed by atoms with Gasteiger partial charge in [0.2, 0.25) is 15.9 Å². The van der Waals surface area contributed by atoms with Crippen molar-refractivity contribution in [3.8, 4) is 0 Å². The number of halogens is 2. The number of urea groups is 1. The number of hydrogen-bond donors (Lipinski definition) is 2. The Morgan fingerprint density at radius 2 is 1.78 bits per heavy atom. The maximum Gasteiger partial charge on any atom is 0.325 e. The normalized spacial score (nSPS) is 18.8. The Morgan fingerprint density at radius 1 is 1.12 bits per heavy atom. The summed E-state index contributed by atoms with van der Waals surface area (Å²) in [4.78, 5) is 38.7. The number of amides is 4. The molecule has 2 aromatic rings. The van der Waals surface area contributed by atoms with Crippen molar-refractivity contribution in [3.05, 3.63) is 58.1 Å². The lowest BCUT2D eigenvalue weighted by atomic mass is 9.92. The van der Waals surface area contributed by atoms with Crippen LogP contribution in [0.15, 0.2) is 47.4 Å². The monoisotopic (exact) mass is 498 g/mol. The zero-order chi connectivity index (χ0) is 23.8. The average Bonchev–Trinajstić information content (AvgIpc) is 2.93. The summed E-state index contributed by atoms with van der Waals surface area (Å²) in [6, 6.07) is 9.65. The molecule has 0 radical (unpaired) electrons. The van der Waals surface area contributed by atoms with Crippen molar-refractivity contribution in [2.45, 2.75) is 17.4 Å². The number of benzene rings is 2. The molecule has 9 nitrogen and oxygen atoms in total. The van der Waals surface area contributed by atoms with Crippen molar-refractivity contribution >= 4 is 56.8 Å². The molecule has 3 rings (SSSR count). The van der Waals surface area contributed by atoms with E-state index in [-0.39, 0.29) is 15.6 Å². The first-order valence-corrected chi connectivity index (χ1v) is 11.5. The van der Waals surface area contributed by atoms with Crippen molar-refractivity contribution in [3.63, 3.8) is 0 Å². The van der Waals surface area contributed by atoms with Gasteiger partial charge in [-0.1, -0.05) is 41.4 Å². The van der Waals surface area contributed by atoms with Gasteiger partial charge in [-0.3, -0.25) is 14.5 Å². The Kier molecular flexibility index (Phi) is 6.52. The number of imide groups is 1. The third-order valence-corrected chi connectivity index (χ3v) is 7.45. The number of sulfonamides is 1. The van der Waals surface area contributed by atoms with Crippen molar-refractivity contribution in [1.29, 1.82) is 0 Å². The molecule has 170 valence electrons. The first-order chi connectivity index (χ1) is 14.9. The minimum atomic E-state index is -3.76. The number of rotatable bonds is 6. The Bertz CT molecular complexity index is 1220. The van der Waals surface area contributed by atoms with Crippen LogP contribution in [0.4, 0.5) is 10.5 Å². The van der Waals surface area contributed by atoms with E-state index in [2.05, 4.69) is 10.6 Å². The first kappa shape index (κ1) is 24.0. The molecule has 32 heavy (non-hydrogen) atoms. The maximum atomic E-state index is 13.0. The largest absolute Gasteiger partial charge is 0.325 e. The molecular formula is C20H20Cl2N4O5S. The highest BCUT2D eigenvalue weighted by molar-refractivity contribution is 7.89. The molecular weight excluding hydrogens is 479 g/mol. The van der Waals surface area contributed by atoms with Crippen LogP contribution in [0.25, 0.3) is 0 Å². The smallest absolute Gasteiger partial charge is 0.323 e. The molecule has 0 bridgehead atoms. The zero-order valence-corrected chi connectivity index (χ0v) is 19.7. The van der Waals surface area contributed by atoms with Crippen molar-refractivity contribution in [2.24, 2.45) is 0 Å². The second-order valence-corrected chi connectivity index (χ2v) is 10.4. The number of carbonyl (C=O) groups excluding carboxylic acids is 3. The predicted octanol–water partition coefficient (Wildman–Crippen LogP) is 2.65. The highest BCUT2D eigenvalue weighted by Crippen LogP contribution is 2.33. The van der Waals surface area contributed by atoms with Crippen LogP contribution in [0.2, 0.25) is 10.0 Å². The summed E-state index contributed by atoms with van der Waals surface area (Å²) in [5.74, 6) is -1.39. The molecule has 1 heterocycles. The Morgan fingerprint density at radius 3 is 2.41 bits per heavy atom. The summed E-state index contributed by atoms with van der Waals surface area (Å²) in [5, 5.41) is 5.41. The van der Waals surface area contributed by atoms with Gasteiger partial charge in [-0.2, -0.15) is 0 Å². The van der Waals surface area contributed by atoms with Crippen LogP contribution in [-0.2, 0) is 25.2 Å². The second-order valence-electron chi connectivity index (χ2n) is 7.40. The molecule has 2 aromatic carbocycles. The summed E-state index contributed by atoms with van der Waals surface area (Å²) < 4.78 is 25.7. The van der Waals surface area contributed by atoms with Gasteiger partial charge in [0.1, 0.15) is 12.1 Å². The molecule has 2 N–H and O–H groups in total. The van der Waals surface area contributed by atoms with Crippen LogP contribution in [0.3, 0.4) is 0 Å². The highest BCUT2D eigenvalue weighted by atomic mass is 35.5. The Labute approximate surface area is 195 Å². The quantitative estimate of drug-likeness (QED) is 0.593. The molecule has 0 aromatic heterocycles. The molecule has 0 saturated carbocycles. The lowest BCUT2D eigenvalue weighted by Gasteiger charge is -2.23. The van der Waals surface area contributed by atoms with Crippen LogP contribution in [0, 0.1) is 0 Å². The highest BCUT2D eigenvalue weighted by Gasteiger charge is 2.50. The molecule has 0 spiro atoms. The zero-order valence-electron chi connectivity index (χ0n) is 17.3. The number of nitrogens with zero attached hydrogens (tertiary/aromatic N) is 2. The molecule has 1 atom stereocenters. The molecule has 12 heteroatoms. The van der Waals surface area contributed by atoms with Crippen LogP contribution in [-0.4, -0.2) is 56.1 Å². The molecule has 1 aliphatic heterocycles. The molecule has 1 aliphatic rings. The van der Waals surface area contributed by atoms with E-state index in [0.717, 1.165) is 9.21 Å². The van der Waals surface area contributed by atoms with E-state index < -0.39 is 40.0 Å². The van der Waals surface area contributed by atoms with E-state index in [1.165, 1.54) is 39.2 Å². The van der Waals surface area contributed by atoms with Crippen molar-refractivity contribution in [2.75, 3.05) is 26.0 Å². The topological polar surface area (TPSA) is 116 Å². The van der Waals surface area contributed by atoms with Crippen LogP contribution >= 0.6 is 23.2 Å². The average molecular weight is 499 g/mol. The van der Waals surface area contributed by atoms with Gasteiger partial charge in [0.15, 0.2) is 0 Å². The van der Waals surface area contributed by atoms with Crippen LogP contribution in [0.5, 0.6) is 0 Å². The third kappa shape index (κ3) is 4.31. The van der Waals surface area contributed by atoms with E-state index in [9.17, 15) is 22.8 Å². The van der Waals surface area contributed by atoms with Gasteiger partial charge < -0.3 is 10.6 Å². The molecule has 0 aliphatic carbocycles. The Hall–Kier alpha value is -2.66. The minimum Gasteiger partial charge on any atom is -0.323 e. The van der Waals surface area contributed by atoms with Crippen LogP contribution < -0.4 is 10.6 Å². The van der Waals surface area contributed by atoms with Gasteiger partial charge in [-0.15, -0.1) is 0 Å². The minimum absolute atomic E-state index is 0.0283. The number of nitrogens with one attached hydrogen (secondary N) is 2. The second kappa shape index (κ2) is 8.70. The number of hydrogen-bond acceptors (Lipinski definition) is 5. The van der Waals surface area contributed by atoms with Crippen LogP contribution in [0.1, 0.15) is 12.5 Å². The van der Waals surface area contributed by atoms with Gasteiger partial charge >= 0.3 is 6.03 Å². The van der Waals surface area contributed by atoms with E-state index in [0.29, 0.717) is 10.6 Å². The lowest BCUT2D eigenvalue weighted by Crippen LogP contribution is -2.42. The fourth-order valence-electron chi connectivity index (χ4n) is 3.19. The SMILES string of the molecule is CN(C)S(=O)(=O)c1ccc(Cl)c(NC(=O)CN2C(=O)NC(C)(c3ccccc3Cl)C2=O)c1. The summed E-state index contributed by atoms with van der Waals surface area (Å²) in [6.45, 7) is 0.893. The first-order valence-electron chi connectivity index (χ1n) is 9.29. The van der Waals surface area contributed by atoms with Gasteiger partial charge in [0.25, 0.3) is 5.91 Å². The van der Waals surface area contributed by atoms with E-state index in [1.54, 1.807) is 24.3 Å². The third-order valence-electron chi connectivity index (χ3n) is 4.98. The standard InChI is InChI=1S/C20H20Cl2N4O5S/c1-20(13-6-4-5-7-14(13)21)18(28)26(19(29)24-20)11-17(27)23-16-10-12(8-9-15(16)22)32(30,31)25(2)3/h4-10H,11H2,1-3H3,(H,23,27)(H,24,29). The van der Waals surface area contributed by atoms with E-state index in [4.69, 9.17) is 23.2 Å². The maximum absolute atomic E-state index is 13.0. The summed E-state index contributed by atoms with van der Waals surface area (Å²) >= 11 is 12.3. The van der Waals surface area contributed by atoms with Gasteiger partial charge in [-0.05, 0) is 31.2 Å². The summed E-state index contributed by atoms with van der Waals surface area (Å²) in [7, 11) is -1.02. The summed E-state index contributed by atoms with van der Waals surface area (Å²) in [5.41, 5.74) is -1.01. The molecule has 1 unspecified atom stereocenters. The molecule has 1 saturated heterocycles. The van der Waals surface area contributed by atoms with Gasteiger partial charge in [-0.25, -0.2) is 17.5 Å². The molecule has 4 amide bonds. The number of carbonyl (C=O) groups is 3. The number of anilines is 1. The fraction of sp³-hybridized carbons (Fsp3) is 0.250. The predicted molar refractivity (Wildman–Crippen MR) is 120 cm³/mol. The fourth-order valence-corrected chi connectivity index (χ4v) is 4.61. The van der Waals surface area contributed by atoms with Crippen molar-refractivity contribution < 1.29 is 22.8 Å². The van der Waals surface area contributed by atoms with E-state index in [1.807, 2.05) is 0 Å². The lowest BCUT2D eigenvalue weighted by molar-refractivity contribution is -0.133. The van der Waals surface area contributed by atoms with Crippen molar-refractivity contribution in [1.82, 2.24) is 14.5 Å². The molecule has 1 fully saturated rings. The summed E-state index contributed by atoms with van der Waals surface area (Å²) in [6.07, 6.45) is 0. The van der Waals surface area contributed by atoms with Gasteiger partial charge in [0, 0.05) is 24.7 Å². The van der Waals surface area contributed by atoms with E-state index >= 15 is 0 Å².